The highest BCUT2D eigenvalue weighted by molar-refractivity contribution is 5.94. The molecular weight excluding hydrogens is 612 g/mol. The minimum Gasteiger partial charge on any atom is -0.508 e. The van der Waals surface area contributed by atoms with Crippen molar-refractivity contribution in [3.63, 3.8) is 0 Å². The van der Waals surface area contributed by atoms with Gasteiger partial charge in [0.1, 0.15) is 23.9 Å². The lowest BCUT2D eigenvalue weighted by atomic mass is 10.0. The number of H-pyrrole nitrogens is 1. The number of aryl methyl sites for hydroxylation is 1. The van der Waals surface area contributed by atoms with Crippen LogP contribution in [0.5, 0.6) is 5.75 Å². The van der Waals surface area contributed by atoms with Crippen LogP contribution < -0.4 is 33.2 Å². The highest BCUT2D eigenvalue weighted by Crippen LogP contribution is 2.19. The van der Waals surface area contributed by atoms with Gasteiger partial charge in [0.25, 0.3) is 0 Å². The van der Waals surface area contributed by atoms with E-state index in [1.54, 1.807) is 30.5 Å². The van der Waals surface area contributed by atoms with Crippen molar-refractivity contribution in [3.05, 3.63) is 102 Å². The summed E-state index contributed by atoms with van der Waals surface area (Å²) in [5.41, 5.74) is 19.9. The predicted octanol–water partition coefficient (Wildman–Crippen LogP) is 1.28. The molecule has 13 heteroatoms. The fourth-order valence-electron chi connectivity index (χ4n) is 5.31. The van der Waals surface area contributed by atoms with Gasteiger partial charge in [-0.1, -0.05) is 60.7 Å². The van der Waals surface area contributed by atoms with Crippen molar-refractivity contribution in [2.75, 3.05) is 6.54 Å². The number of aromatic amines is 1. The maximum absolute atomic E-state index is 13.8. The monoisotopic (exact) mass is 654 g/mol. The Hall–Kier alpha value is -5.85. The number of benzene rings is 3. The van der Waals surface area contributed by atoms with Gasteiger partial charge in [-0.25, -0.2) is 0 Å². The Balaban J connectivity index is 1.49. The van der Waals surface area contributed by atoms with Crippen molar-refractivity contribution in [1.29, 1.82) is 0 Å². The quantitative estimate of drug-likeness (QED) is 0.0472. The van der Waals surface area contributed by atoms with Gasteiger partial charge in [-0.3, -0.25) is 24.2 Å². The van der Waals surface area contributed by atoms with Crippen molar-refractivity contribution in [2.24, 2.45) is 22.2 Å². The number of carbonyl (C=O) groups excluding carboxylic acids is 4. The van der Waals surface area contributed by atoms with Crippen LogP contribution in [-0.4, -0.2) is 64.3 Å². The molecular formula is C35H42N8O5. The van der Waals surface area contributed by atoms with Crippen LogP contribution in [0.1, 0.15) is 36.0 Å². The van der Waals surface area contributed by atoms with Gasteiger partial charge in [0.2, 0.25) is 23.6 Å². The lowest BCUT2D eigenvalue weighted by Crippen LogP contribution is -2.57. The van der Waals surface area contributed by atoms with E-state index < -0.39 is 35.8 Å². The second kappa shape index (κ2) is 17.2. The maximum Gasteiger partial charge on any atom is 0.243 e. The molecule has 13 nitrogen and oxygen atoms in total. The summed E-state index contributed by atoms with van der Waals surface area (Å²) < 4.78 is 0. The Morgan fingerprint density at radius 2 is 1.42 bits per heavy atom. The highest BCUT2D eigenvalue weighted by atomic mass is 16.3. The number of amides is 4. The summed E-state index contributed by atoms with van der Waals surface area (Å²) in [6, 6.07) is 20.1. The number of carbonyl (C=O) groups is 4. The topological polar surface area (TPSA) is 231 Å². The first-order chi connectivity index (χ1) is 23.1. The molecule has 48 heavy (non-hydrogen) atoms. The number of guanidine groups is 1. The maximum atomic E-state index is 13.8. The second-order valence-corrected chi connectivity index (χ2v) is 11.5. The molecule has 1 aromatic heterocycles. The molecule has 0 radical (unpaired) electrons. The first-order valence-electron chi connectivity index (χ1n) is 15.7. The van der Waals surface area contributed by atoms with Gasteiger partial charge in [0.15, 0.2) is 5.96 Å². The minimum absolute atomic E-state index is 0.0971. The van der Waals surface area contributed by atoms with Crippen molar-refractivity contribution in [1.82, 2.24) is 20.9 Å². The summed E-state index contributed by atoms with van der Waals surface area (Å²) in [4.78, 5) is 60.1. The van der Waals surface area contributed by atoms with Crippen LogP contribution in [-0.2, 0) is 38.4 Å². The van der Waals surface area contributed by atoms with Crippen LogP contribution >= 0.6 is 0 Å². The number of nitrogens with two attached hydrogens (primary N) is 3. The fourth-order valence-corrected chi connectivity index (χ4v) is 5.31. The van der Waals surface area contributed by atoms with Crippen molar-refractivity contribution >= 4 is 40.5 Å². The van der Waals surface area contributed by atoms with Crippen molar-refractivity contribution < 1.29 is 24.3 Å². The van der Waals surface area contributed by atoms with E-state index in [0.717, 1.165) is 27.6 Å². The summed E-state index contributed by atoms with van der Waals surface area (Å²) in [6.45, 7) is 0.206. The predicted molar refractivity (Wildman–Crippen MR) is 183 cm³/mol. The van der Waals surface area contributed by atoms with E-state index in [2.05, 4.69) is 25.9 Å². The molecule has 0 aliphatic carbocycles. The SMILES string of the molecule is NC(=O)[C@H](Cc1c[nH]c2ccccc12)NC(=O)[C@H](CCCN=C(N)N)NC(=O)[C@@H](Cc1ccccc1)NC(=O)CCc1ccc(O)cc1. The number of primary amides is 1. The zero-order valence-electron chi connectivity index (χ0n) is 26.5. The van der Waals surface area contributed by atoms with E-state index >= 15 is 0 Å². The van der Waals surface area contributed by atoms with Crippen LogP contribution in [0.15, 0.2) is 90.1 Å². The summed E-state index contributed by atoms with van der Waals surface area (Å²) in [5, 5.41) is 18.7. The van der Waals surface area contributed by atoms with E-state index in [4.69, 9.17) is 17.2 Å². The van der Waals surface area contributed by atoms with Crippen LogP contribution in [0.25, 0.3) is 10.9 Å². The average Bonchev–Trinajstić information content (AvgIpc) is 3.48. The third kappa shape index (κ3) is 10.6. The molecule has 0 aliphatic heterocycles. The summed E-state index contributed by atoms with van der Waals surface area (Å²) in [5.74, 6) is -2.27. The van der Waals surface area contributed by atoms with Crippen molar-refractivity contribution in [3.8, 4) is 5.75 Å². The van der Waals surface area contributed by atoms with Crippen LogP contribution in [0.3, 0.4) is 0 Å². The van der Waals surface area contributed by atoms with E-state index in [9.17, 15) is 24.3 Å². The van der Waals surface area contributed by atoms with Crippen LogP contribution in [0, 0.1) is 0 Å². The number of phenolic OH excluding ortho intramolecular Hbond substituents is 1. The lowest BCUT2D eigenvalue weighted by Gasteiger charge is -2.25. The number of aromatic nitrogens is 1. The Morgan fingerprint density at radius 1 is 0.750 bits per heavy atom. The fraction of sp³-hybridized carbons (Fsp3) is 0.286. The number of rotatable bonds is 17. The molecule has 0 saturated carbocycles. The molecule has 0 aliphatic rings. The second-order valence-electron chi connectivity index (χ2n) is 11.5. The molecule has 0 bridgehead atoms. The van der Waals surface area contributed by atoms with Gasteiger partial charge in [-0.2, -0.15) is 0 Å². The number of hydrogen-bond donors (Lipinski definition) is 8. The molecule has 1 heterocycles. The van der Waals surface area contributed by atoms with E-state index in [1.807, 2.05) is 54.6 Å². The van der Waals surface area contributed by atoms with Gasteiger partial charge < -0.3 is 43.2 Å². The summed E-state index contributed by atoms with van der Waals surface area (Å²) in [6.07, 6.45) is 3.03. The molecule has 0 unspecified atom stereocenters. The Kier molecular flexibility index (Phi) is 12.5. The third-order valence-corrected chi connectivity index (χ3v) is 7.85. The van der Waals surface area contributed by atoms with E-state index in [0.29, 0.717) is 12.8 Å². The molecule has 3 aromatic carbocycles. The number of fused-ring (bicyclic) bond motifs is 1. The molecule has 3 atom stereocenters. The number of nitrogens with zero attached hydrogens (tertiary/aromatic N) is 1. The zero-order chi connectivity index (χ0) is 34.5. The van der Waals surface area contributed by atoms with E-state index in [1.165, 1.54) is 0 Å². The number of phenols is 1. The van der Waals surface area contributed by atoms with E-state index in [-0.39, 0.29) is 49.8 Å². The molecule has 4 amide bonds. The van der Waals surface area contributed by atoms with Gasteiger partial charge in [-0.05, 0) is 54.2 Å². The standard InChI is InChI=1S/C35H42N8O5/c36-32(46)29(20-24-21-40-27-10-5-4-9-26(24)27)43-33(47)28(11-6-18-39-35(37)38)42-34(48)30(19-23-7-2-1-3-8-23)41-31(45)17-14-22-12-15-25(44)16-13-22/h1-5,7-10,12-13,15-16,21,28-30,40,44H,6,11,14,17-20H2,(H2,36,46)(H,41,45)(H,42,48)(H,43,47)(H4,37,38,39)/t28-,29-,30+/m0/s1. The normalized spacial score (nSPS) is 12.8. The third-order valence-electron chi connectivity index (χ3n) is 7.85. The minimum atomic E-state index is -1.09. The lowest BCUT2D eigenvalue weighted by molar-refractivity contribution is -0.133. The summed E-state index contributed by atoms with van der Waals surface area (Å²) >= 11 is 0. The molecule has 252 valence electrons. The number of hydrogen-bond acceptors (Lipinski definition) is 6. The van der Waals surface area contributed by atoms with Crippen LogP contribution in [0.4, 0.5) is 0 Å². The molecule has 11 N–H and O–H groups in total. The number of nitrogens with one attached hydrogen (secondary N) is 4. The number of aliphatic imine (C=N–C) groups is 1. The molecule has 0 fully saturated rings. The van der Waals surface area contributed by atoms with Gasteiger partial charge in [0, 0.05) is 42.9 Å². The zero-order valence-corrected chi connectivity index (χ0v) is 26.5. The number of para-hydroxylation sites is 1. The molecule has 4 rings (SSSR count). The number of aromatic hydroxyl groups is 1. The first-order valence-corrected chi connectivity index (χ1v) is 15.7. The first kappa shape index (κ1) is 35.0. The van der Waals surface area contributed by atoms with Crippen molar-refractivity contribution in [2.45, 2.75) is 56.7 Å². The Labute approximate surface area is 278 Å². The highest BCUT2D eigenvalue weighted by Gasteiger charge is 2.29. The smallest absolute Gasteiger partial charge is 0.243 e. The van der Waals surface area contributed by atoms with Gasteiger partial charge >= 0.3 is 0 Å². The summed E-state index contributed by atoms with van der Waals surface area (Å²) in [7, 11) is 0. The Bertz CT molecular complexity index is 1720. The molecule has 0 saturated heterocycles. The van der Waals surface area contributed by atoms with Crippen LogP contribution in [0.2, 0.25) is 0 Å². The average molecular weight is 655 g/mol. The van der Waals surface area contributed by atoms with Gasteiger partial charge in [-0.15, -0.1) is 0 Å². The largest absolute Gasteiger partial charge is 0.508 e. The Morgan fingerprint density at radius 3 is 2.12 bits per heavy atom. The molecule has 4 aromatic rings. The molecule has 0 spiro atoms. The van der Waals surface area contributed by atoms with Gasteiger partial charge in [0.05, 0.1) is 0 Å².